The van der Waals surface area contributed by atoms with Gasteiger partial charge in [0.25, 0.3) is 0 Å². The van der Waals surface area contributed by atoms with Crippen molar-refractivity contribution in [3.63, 3.8) is 0 Å². The third-order valence-corrected chi connectivity index (χ3v) is 1.91. The van der Waals surface area contributed by atoms with Crippen LogP contribution in [-0.4, -0.2) is 30.8 Å². The van der Waals surface area contributed by atoms with E-state index in [2.05, 4.69) is 22.6 Å². The van der Waals surface area contributed by atoms with Gasteiger partial charge >= 0.3 is 17.6 Å². The molecule has 0 saturated carbocycles. The molecular formula is C12H17FO4. The Bertz CT molecular complexity index is 275. The van der Waals surface area contributed by atoms with Crippen molar-refractivity contribution in [3.05, 3.63) is 25.3 Å². The van der Waals surface area contributed by atoms with Gasteiger partial charge in [-0.1, -0.05) is 38.7 Å². The molecule has 0 fully saturated rings. The second-order valence-electron chi connectivity index (χ2n) is 3.33. The maximum atomic E-state index is 14.2. The Hall–Kier alpha value is -1.65. The van der Waals surface area contributed by atoms with E-state index < -0.39 is 17.6 Å². The minimum atomic E-state index is -2.75. The monoisotopic (exact) mass is 244 g/mol. The van der Waals surface area contributed by atoms with E-state index in [9.17, 15) is 14.0 Å². The molecule has 0 spiro atoms. The van der Waals surface area contributed by atoms with Gasteiger partial charge in [-0.15, -0.1) is 0 Å². The molecule has 0 saturated heterocycles. The Kier molecular flexibility index (Phi) is 6.86. The number of alkyl halides is 1. The minimum Gasteiger partial charge on any atom is -0.459 e. The normalized spacial score (nSPS) is 10.5. The minimum absolute atomic E-state index is 0.150. The van der Waals surface area contributed by atoms with Crippen LogP contribution in [0.4, 0.5) is 4.39 Å². The molecule has 0 radical (unpaired) electrons. The van der Waals surface area contributed by atoms with E-state index in [1.807, 2.05) is 0 Å². The Balaban J connectivity index is 4.73. The second-order valence-corrected chi connectivity index (χ2v) is 3.33. The molecule has 0 aromatic heterocycles. The summed E-state index contributed by atoms with van der Waals surface area (Å²) in [5.74, 6) is -2.48. The Labute approximate surface area is 100 Å². The van der Waals surface area contributed by atoms with Gasteiger partial charge in [0.1, 0.15) is 13.2 Å². The predicted molar refractivity (Wildman–Crippen MR) is 61.1 cm³/mol. The molecule has 0 aliphatic rings. The number of ether oxygens (including phenoxy) is 2. The van der Waals surface area contributed by atoms with Gasteiger partial charge in [0, 0.05) is 6.42 Å². The van der Waals surface area contributed by atoms with Gasteiger partial charge in [0.2, 0.25) is 0 Å². The average molecular weight is 244 g/mol. The molecule has 4 nitrogen and oxygen atoms in total. The fourth-order valence-electron chi connectivity index (χ4n) is 1.13. The van der Waals surface area contributed by atoms with Crippen LogP contribution in [0, 0.1) is 0 Å². The highest BCUT2D eigenvalue weighted by Crippen LogP contribution is 2.22. The van der Waals surface area contributed by atoms with E-state index in [1.165, 1.54) is 12.2 Å². The van der Waals surface area contributed by atoms with Crippen molar-refractivity contribution in [3.8, 4) is 0 Å². The van der Waals surface area contributed by atoms with E-state index in [1.54, 1.807) is 6.92 Å². The maximum Gasteiger partial charge on any atom is 0.356 e. The topological polar surface area (TPSA) is 52.6 Å². The van der Waals surface area contributed by atoms with E-state index in [0.29, 0.717) is 6.42 Å². The summed E-state index contributed by atoms with van der Waals surface area (Å²) in [5, 5.41) is 0. The summed E-state index contributed by atoms with van der Waals surface area (Å²) < 4.78 is 23.3. The van der Waals surface area contributed by atoms with Gasteiger partial charge in [-0.3, -0.25) is 0 Å². The van der Waals surface area contributed by atoms with Crippen LogP contribution in [0.3, 0.4) is 0 Å². The maximum absolute atomic E-state index is 14.2. The van der Waals surface area contributed by atoms with Crippen LogP contribution in [0.25, 0.3) is 0 Å². The van der Waals surface area contributed by atoms with Gasteiger partial charge in [-0.2, -0.15) is 0 Å². The zero-order chi connectivity index (χ0) is 13.3. The van der Waals surface area contributed by atoms with E-state index in [0.717, 1.165) is 0 Å². The molecule has 0 aromatic carbocycles. The number of rotatable bonds is 8. The first-order valence-corrected chi connectivity index (χ1v) is 5.28. The van der Waals surface area contributed by atoms with Crippen LogP contribution >= 0.6 is 0 Å². The third-order valence-electron chi connectivity index (χ3n) is 1.91. The van der Waals surface area contributed by atoms with Gasteiger partial charge in [-0.05, 0) is 0 Å². The first-order chi connectivity index (χ1) is 8.02. The molecule has 96 valence electrons. The van der Waals surface area contributed by atoms with Crippen LogP contribution in [0.2, 0.25) is 0 Å². The Morgan fingerprint density at radius 1 is 1.18 bits per heavy atom. The molecule has 0 aliphatic carbocycles. The lowest BCUT2D eigenvalue weighted by Crippen LogP contribution is -2.45. The van der Waals surface area contributed by atoms with Gasteiger partial charge < -0.3 is 9.47 Å². The van der Waals surface area contributed by atoms with Crippen LogP contribution in [0.1, 0.15) is 19.8 Å². The molecule has 0 aromatic rings. The van der Waals surface area contributed by atoms with Crippen molar-refractivity contribution in [1.82, 2.24) is 0 Å². The van der Waals surface area contributed by atoms with Crippen LogP contribution in [0.5, 0.6) is 0 Å². The lowest BCUT2D eigenvalue weighted by molar-refractivity contribution is -0.174. The molecule has 17 heavy (non-hydrogen) atoms. The highest BCUT2D eigenvalue weighted by molar-refractivity contribution is 6.03. The highest BCUT2D eigenvalue weighted by atomic mass is 19.1. The summed E-state index contributed by atoms with van der Waals surface area (Å²) in [6.45, 7) is 8.00. The van der Waals surface area contributed by atoms with Crippen LogP contribution in [-0.2, 0) is 19.1 Å². The summed E-state index contributed by atoms with van der Waals surface area (Å²) in [4.78, 5) is 22.9. The van der Waals surface area contributed by atoms with E-state index in [4.69, 9.17) is 0 Å². The van der Waals surface area contributed by atoms with Gasteiger partial charge in [0.05, 0.1) is 0 Å². The SMILES string of the molecule is C=CCOC(=O)C(F)(CCC)C(=O)OCC=C. The lowest BCUT2D eigenvalue weighted by Gasteiger charge is -2.20. The van der Waals surface area contributed by atoms with Gasteiger partial charge in [-0.25, -0.2) is 14.0 Å². The Morgan fingerprint density at radius 2 is 1.59 bits per heavy atom. The number of carbonyl (C=O) groups excluding carboxylic acids is 2. The molecule has 0 unspecified atom stereocenters. The predicted octanol–water partition coefficient (Wildman–Crippen LogP) is 1.95. The second kappa shape index (κ2) is 7.60. The number of carbonyl (C=O) groups is 2. The highest BCUT2D eigenvalue weighted by Gasteiger charge is 2.49. The molecule has 0 N–H and O–H groups in total. The molecule has 0 atom stereocenters. The third kappa shape index (κ3) is 4.38. The summed E-state index contributed by atoms with van der Waals surface area (Å²) >= 11 is 0. The first kappa shape index (κ1) is 15.3. The fourth-order valence-corrected chi connectivity index (χ4v) is 1.13. The lowest BCUT2D eigenvalue weighted by atomic mass is 10.0. The summed E-state index contributed by atoms with van der Waals surface area (Å²) in [7, 11) is 0. The summed E-state index contributed by atoms with van der Waals surface area (Å²) in [5.41, 5.74) is -2.75. The smallest absolute Gasteiger partial charge is 0.356 e. The molecule has 0 bridgehead atoms. The Morgan fingerprint density at radius 3 is 1.88 bits per heavy atom. The number of hydrogen-bond donors (Lipinski definition) is 0. The molecule has 5 heteroatoms. The molecule has 0 amide bonds. The van der Waals surface area contributed by atoms with Crippen molar-refractivity contribution in [1.29, 1.82) is 0 Å². The molecular weight excluding hydrogens is 227 g/mol. The van der Waals surface area contributed by atoms with Crippen molar-refractivity contribution in [2.24, 2.45) is 0 Å². The number of halogens is 1. The van der Waals surface area contributed by atoms with E-state index >= 15 is 0 Å². The van der Waals surface area contributed by atoms with Crippen molar-refractivity contribution in [2.45, 2.75) is 25.4 Å². The number of hydrogen-bond acceptors (Lipinski definition) is 4. The summed E-state index contributed by atoms with van der Waals surface area (Å²) in [6.07, 6.45) is 2.61. The van der Waals surface area contributed by atoms with Crippen molar-refractivity contribution < 1.29 is 23.5 Å². The van der Waals surface area contributed by atoms with Crippen molar-refractivity contribution >= 4 is 11.9 Å². The quantitative estimate of drug-likeness (QED) is 0.372. The first-order valence-electron chi connectivity index (χ1n) is 5.28. The summed E-state index contributed by atoms with van der Waals surface area (Å²) in [6, 6.07) is 0. The largest absolute Gasteiger partial charge is 0.459 e. The van der Waals surface area contributed by atoms with Crippen LogP contribution in [0.15, 0.2) is 25.3 Å². The standard InChI is InChI=1S/C12H17FO4/c1-4-7-12(13,10(14)16-8-5-2)11(15)17-9-6-3/h5-6H,2-4,7-9H2,1H3. The van der Waals surface area contributed by atoms with Crippen molar-refractivity contribution in [2.75, 3.05) is 13.2 Å². The molecule has 0 rings (SSSR count). The van der Waals surface area contributed by atoms with Gasteiger partial charge in [0.15, 0.2) is 0 Å². The molecule has 0 heterocycles. The van der Waals surface area contributed by atoms with E-state index in [-0.39, 0.29) is 19.6 Å². The zero-order valence-electron chi connectivity index (χ0n) is 9.91. The van der Waals surface area contributed by atoms with Crippen LogP contribution < -0.4 is 0 Å². The zero-order valence-corrected chi connectivity index (χ0v) is 9.91. The number of esters is 2. The average Bonchev–Trinajstić information content (AvgIpc) is 2.32. The fraction of sp³-hybridized carbons (Fsp3) is 0.500. The molecule has 0 aliphatic heterocycles.